The zero-order chi connectivity index (χ0) is 32.3. The minimum Gasteiger partial charge on any atom is -0.549 e. The van der Waals surface area contributed by atoms with Gasteiger partial charge >= 0.3 is 17.4 Å². The summed E-state index contributed by atoms with van der Waals surface area (Å²) in [4.78, 5) is 30.2. The number of rotatable bonds is 9. The van der Waals surface area contributed by atoms with Gasteiger partial charge in [0.15, 0.2) is 29.5 Å². The Morgan fingerprint density at radius 1 is 0.442 bits per heavy atom. The van der Waals surface area contributed by atoms with Crippen molar-refractivity contribution >= 4 is 99.6 Å². The van der Waals surface area contributed by atoms with Crippen LogP contribution in [0.5, 0.6) is 0 Å². The second kappa shape index (κ2) is 17.6. The Bertz CT molecular complexity index is 1520. The minimum absolute atomic E-state index is 0. The maximum atomic E-state index is 11.3. The molecule has 3 aromatic carbocycles. The van der Waals surface area contributed by atoms with Gasteiger partial charge in [-0.1, -0.05) is 34.8 Å². The first-order valence-electron chi connectivity index (χ1n) is 10.8. The van der Waals surface area contributed by atoms with Crippen LogP contribution in [0, 0.1) is 0 Å². The molecule has 0 atom stereocenters. The zero-order valence-corrected chi connectivity index (χ0v) is 27.3. The molecule has 0 spiro atoms. The van der Waals surface area contributed by atoms with Crippen molar-refractivity contribution in [1.82, 2.24) is 0 Å². The van der Waals surface area contributed by atoms with Crippen molar-refractivity contribution in [3.05, 3.63) is 87.9 Å². The molecule has 3 rings (SSSR count). The van der Waals surface area contributed by atoms with Crippen LogP contribution >= 0.6 is 34.8 Å². The molecule has 0 radical (unpaired) electrons. The molecule has 0 heterocycles. The molecule has 3 aromatic rings. The molecule has 0 saturated carbocycles. The molecule has 43 heavy (non-hydrogen) atoms. The molecule has 0 aliphatic carbocycles. The minimum atomic E-state index is -3.80. The Labute approximate surface area is 272 Å². The molecule has 0 N–H and O–H groups in total. The number of halogens is 3. The van der Waals surface area contributed by atoms with Crippen molar-refractivity contribution in [3.63, 3.8) is 0 Å². The van der Waals surface area contributed by atoms with Crippen LogP contribution in [0.15, 0.2) is 87.5 Å². The Morgan fingerprint density at radius 2 is 0.605 bits per heavy atom. The summed E-state index contributed by atoms with van der Waals surface area (Å²) in [6.45, 7) is 0. The van der Waals surface area contributed by atoms with E-state index in [1.807, 2.05) is 0 Å². The van der Waals surface area contributed by atoms with Gasteiger partial charge in [0.1, 0.15) is 0 Å². The number of aliphatic carboxylic acids is 3. The molecule has 19 heteroatoms. The van der Waals surface area contributed by atoms with E-state index in [0.717, 1.165) is 0 Å². The van der Waals surface area contributed by atoms with Gasteiger partial charge in [0.05, 0.1) is 49.9 Å². The third-order valence-electron chi connectivity index (χ3n) is 4.44. The third kappa shape index (κ3) is 15.1. The van der Waals surface area contributed by atoms with Gasteiger partial charge in [-0.25, -0.2) is 25.3 Å². The van der Waals surface area contributed by atoms with E-state index in [9.17, 15) is 55.0 Å². The molecule has 228 valence electrons. The molecular formula is C24H18AlCl3O12S3. The quantitative estimate of drug-likeness (QED) is 0.248. The van der Waals surface area contributed by atoms with E-state index in [4.69, 9.17) is 34.8 Å². The van der Waals surface area contributed by atoms with Gasteiger partial charge in [-0.15, -0.1) is 0 Å². The topological polar surface area (TPSA) is 223 Å². The Hall–Kier alpha value is -2.68. The fourth-order valence-electron chi connectivity index (χ4n) is 2.64. The van der Waals surface area contributed by atoms with E-state index in [1.54, 1.807) is 0 Å². The van der Waals surface area contributed by atoms with Crippen molar-refractivity contribution in [2.75, 3.05) is 17.3 Å². The van der Waals surface area contributed by atoms with E-state index in [2.05, 4.69) is 0 Å². The fraction of sp³-hybridized carbons (Fsp3) is 0.125. The molecule has 0 fully saturated rings. The van der Waals surface area contributed by atoms with Gasteiger partial charge in [0.2, 0.25) is 0 Å². The summed E-state index contributed by atoms with van der Waals surface area (Å²) in [5.41, 5.74) is 0. The number of carboxylic acids is 3. The zero-order valence-electron chi connectivity index (χ0n) is 21.4. The van der Waals surface area contributed by atoms with Crippen molar-refractivity contribution in [2.45, 2.75) is 14.7 Å². The maximum absolute atomic E-state index is 11.3. The van der Waals surface area contributed by atoms with Crippen LogP contribution < -0.4 is 15.3 Å². The number of carbonyl (C=O) groups is 3. The van der Waals surface area contributed by atoms with Gasteiger partial charge in [0, 0.05) is 15.1 Å². The standard InChI is InChI=1S/3C8H7ClO4S.Al/c3*9-6-1-3-7(4-2-6)14(12,13)5-8(10)11;/h3*1-4H,5H2,(H,10,11);/q;;;+3/p-3. The van der Waals surface area contributed by atoms with E-state index >= 15 is 0 Å². The third-order valence-corrected chi connectivity index (χ3v) is 10.0. The van der Waals surface area contributed by atoms with Crippen LogP contribution in [0.4, 0.5) is 0 Å². The molecule has 0 unspecified atom stereocenters. The van der Waals surface area contributed by atoms with Crippen LogP contribution in [0.25, 0.3) is 0 Å². The van der Waals surface area contributed by atoms with E-state index in [0.29, 0.717) is 15.1 Å². The maximum Gasteiger partial charge on any atom is 3.00 e. The Kier molecular flexibility index (Phi) is 16.5. The summed E-state index contributed by atoms with van der Waals surface area (Å²) < 4.78 is 67.7. The van der Waals surface area contributed by atoms with Gasteiger partial charge in [-0.2, -0.15) is 0 Å². The van der Waals surface area contributed by atoms with Crippen molar-refractivity contribution in [3.8, 4) is 0 Å². The summed E-state index contributed by atoms with van der Waals surface area (Å²) in [6.07, 6.45) is 0. The summed E-state index contributed by atoms with van der Waals surface area (Å²) in [5, 5.41) is 31.6. The predicted molar refractivity (Wildman–Crippen MR) is 151 cm³/mol. The number of benzene rings is 3. The van der Waals surface area contributed by atoms with E-state index in [1.165, 1.54) is 72.8 Å². The van der Waals surface area contributed by atoms with Crippen molar-refractivity contribution in [1.29, 1.82) is 0 Å². The Balaban J connectivity index is 0.000000608. The Morgan fingerprint density at radius 3 is 0.744 bits per heavy atom. The predicted octanol–water partition coefficient (Wildman–Crippen LogP) is -0.790. The monoisotopic (exact) mass is 726 g/mol. The fourth-order valence-corrected chi connectivity index (χ4v) is 6.10. The second-order valence-electron chi connectivity index (χ2n) is 7.76. The first-order valence-corrected chi connectivity index (χ1v) is 16.9. The molecule has 0 bridgehead atoms. The number of carboxylic acid groups (broad SMARTS) is 3. The van der Waals surface area contributed by atoms with Gasteiger partial charge in [0.25, 0.3) is 0 Å². The van der Waals surface area contributed by atoms with Crippen LogP contribution in [-0.2, 0) is 43.9 Å². The van der Waals surface area contributed by atoms with Crippen molar-refractivity contribution in [2.24, 2.45) is 0 Å². The van der Waals surface area contributed by atoms with Crippen LogP contribution in [-0.4, -0.2) is 77.8 Å². The molecule has 0 aromatic heterocycles. The molecule has 0 saturated heterocycles. The average Bonchev–Trinajstić information content (AvgIpc) is 2.83. The van der Waals surface area contributed by atoms with E-state index < -0.39 is 64.7 Å². The van der Waals surface area contributed by atoms with Crippen LogP contribution in [0.3, 0.4) is 0 Å². The number of hydrogen-bond acceptors (Lipinski definition) is 12. The molecule has 12 nitrogen and oxygen atoms in total. The molecular weight excluding hydrogens is 710 g/mol. The van der Waals surface area contributed by atoms with E-state index in [-0.39, 0.29) is 32.0 Å². The molecule has 0 aliphatic rings. The summed E-state index contributed by atoms with van der Waals surface area (Å²) in [6, 6.07) is 15.8. The largest absolute Gasteiger partial charge is 3.00 e. The number of carbonyl (C=O) groups excluding carboxylic acids is 3. The van der Waals surface area contributed by atoms with Gasteiger partial charge in [-0.05, 0) is 72.8 Å². The van der Waals surface area contributed by atoms with Gasteiger partial charge in [-0.3, -0.25) is 0 Å². The number of hydrogen-bond donors (Lipinski definition) is 0. The summed E-state index contributed by atoms with van der Waals surface area (Å²) in [7, 11) is -11.4. The normalized spacial score (nSPS) is 11.0. The first kappa shape index (κ1) is 40.3. The number of sulfone groups is 3. The van der Waals surface area contributed by atoms with Crippen molar-refractivity contribution < 1.29 is 55.0 Å². The van der Waals surface area contributed by atoms with Crippen LogP contribution in [0.2, 0.25) is 15.1 Å². The molecule has 0 aliphatic heterocycles. The smallest absolute Gasteiger partial charge is 0.549 e. The first-order chi connectivity index (χ1) is 19.2. The summed E-state index contributed by atoms with van der Waals surface area (Å²) >= 11 is 16.6. The second-order valence-corrected chi connectivity index (χ2v) is 15.0. The average molecular weight is 728 g/mol. The van der Waals surface area contributed by atoms with Gasteiger partial charge < -0.3 is 29.7 Å². The summed E-state index contributed by atoms with van der Waals surface area (Å²) in [5.74, 6) is -7.93. The molecule has 0 amide bonds. The van der Waals surface area contributed by atoms with Crippen LogP contribution in [0.1, 0.15) is 0 Å². The SMILES string of the molecule is O=C([O-])CS(=O)(=O)c1ccc(Cl)cc1.O=C([O-])CS(=O)(=O)c1ccc(Cl)cc1.O=C([O-])CS(=O)(=O)c1ccc(Cl)cc1.[Al+3].